The van der Waals surface area contributed by atoms with Crippen LogP contribution >= 0.6 is 0 Å². The van der Waals surface area contributed by atoms with E-state index in [4.69, 9.17) is 19.7 Å². The lowest BCUT2D eigenvalue weighted by molar-refractivity contribution is -0.137. The molecule has 10 heteroatoms. The molecule has 0 radical (unpaired) electrons. The van der Waals surface area contributed by atoms with Crippen molar-refractivity contribution in [1.82, 2.24) is 9.13 Å². The molecular formula is C42H18F3N7. The van der Waals surface area contributed by atoms with Crippen molar-refractivity contribution in [2.75, 3.05) is 0 Å². The second-order valence-corrected chi connectivity index (χ2v) is 12.0. The number of rotatable bonds is 3. The Labute approximate surface area is 293 Å². The highest BCUT2D eigenvalue weighted by Gasteiger charge is 2.33. The van der Waals surface area contributed by atoms with Crippen LogP contribution in [0.25, 0.3) is 80.6 Å². The van der Waals surface area contributed by atoms with Gasteiger partial charge in [-0.1, -0.05) is 24.3 Å². The molecule has 0 spiro atoms. The van der Waals surface area contributed by atoms with Gasteiger partial charge in [-0.25, -0.2) is 14.5 Å². The van der Waals surface area contributed by atoms with Crippen molar-refractivity contribution >= 4 is 60.7 Å². The van der Waals surface area contributed by atoms with Gasteiger partial charge in [0.25, 0.3) is 0 Å². The van der Waals surface area contributed by atoms with E-state index in [9.17, 15) is 23.7 Å². The molecule has 2 aromatic heterocycles. The fraction of sp³-hybridized carbons (Fsp3) is 0.0238. The van der Waals surface area contributed by atoms with E-state index in [0.29, 0.717) is 77.5 Å². The SMILES string of the molecule is [C-]#[N+]c1ccc2c(c1)c1cc([N+]#[C-])ccc1n2-c1ccc(C(F)(F)F)cc1-c1c([N+]#[C-])cccc1-n1c2ccc(C#N)cc2c2cc(C#N)ccc21. The van der Waals surface area contributed by atoms with Gasteiger partial charge in [-0.15, -0.1) is 0 Å². The summed E-state index contributed by atoms with van der Waals surface area (Å²) in [6, 6.07) is 33.0. The van der Waals surface area contributed by atoms with Gasteiger partial charge >= 0.3 is 6.18 Å². The summed E-state index contributed by atoms with van der Waals surface area (Å²) in [7, 11) is 0. The van der Waals surface area contributed by atoms with E-state index in [1.807, 2.05) is 4.57 Å². The molecule has 0 aliphatic heterocycles. The van der Waals surface area contributed by atoms with Crippen molar-refractivity contribution in [1.29, 1.82) is 10.5 Å². The average molecular weight is 678 g/mol. The number of alkyl halides is 3. The van der Waals surface area contributed by atoms with Gasteiger partial charge in [-0.3, -0.25) is 0 Å². The van der Waals surface area contributed by atoms with Crippen LogP contribution in [0.2, 0.25) is 0 Å². The van der Waals surface area contributed by atoms with E-state index in [0.717, 1.165) is 12.1 Å². The van der Waals surface area contributed by atoms with E-state index in [1.165, 1.54) is 6.07 Å². The van der Waals surface area contributed by atoms with Crippen molar-refractivity contribution in [3.8, 4) is 34.6 Å². The normalized spacial score (nSPS) is 11.3. The Morgan fingerprint density at radius 2 is 1.04 bits per heavy atom. The molecule has 0 bridgehead atoms. The lowest BCUT2D eigenvalue weighted by atomic mass is 9.96. The Hall–Kier alpha value is -7.84. The van der Waals surface area contributed by atoms with Crippen LogP contribution in [0, 0.1) is 42.4 Å². The van der Waals surface area contributed by atoms with Gasteiger partial charge in [-0.2, -0.15) is 23.7 Å². The molecule has 0 saturated carbocycles. The molecule has 0 amide bonds. The van der Waals surface area contributed by atoms with Crippen molar-refractivity contribution in [3.05, 3.63) is 160 Å². The molecule has 0 aliphatic rings. The monoisotopic (exact) mass is 677 g/mol. The van der Waals surface area contributed by atoms with Crippen molar-refractivity contribution in [2.24, 2.45) is 0 Å². The number of halogens is 3. The number of benzene rings is 6. The Morgan fingerprint density at radius 1 is 0.538 bits per heavy atom. The molecule has 8 rings (SSSR count). The first-order chi connectivity index (χ1) is 25.2. The van der Waals surface area contributed by atoms with Crippen molar-refractivity contribution in [3.63, 3.8) is 0 Å². The summed E-state index contributed by atoms with van der Waals surface area (Å²) in [5.74, 6) is 0. The lowest BCUT2D eigenvalue weighted by Gasteiger charge is -2.21. The summed E-state index contributed by atoms with van der Waals surface area (Å²) >= 11 is 0. The minimum atomic E-state index is -4.72. The third kappa shape index (κ3) is 4.71. The molecule has 0 fully saturated rings. The summed E-state index contributed by atoms with van der Waals surface area (Å²) in [6.45, 7) is 23.4. The number of hydrogen-bond acceptors (Lipinski definition) is 2. The van der Waals surface area contributed by atoms with E-state index in [1.54, 1.807) is 95.6 Å². The summed E-state index contributed by atoms with van der Waals surface area (Å²) in [6.07, 6.45) is -4.72. The van der Waals surface area contributed by atoms with E-state index in [2.05, 4.69) is 26.7 Å². The van der Waals surface area contributed by atoms with E-state index < -0.39 is 11.7 Å². The summed E-state index contributed by atoms with van der Waals surface area (Å²) < 4.78 is 47.3. The molecule has 242 valence electrons. The van der Waals surface area contributed by atoms with Crippen LogP contribution in [-0.2, 0) is 6.18 Å². The van der Waals surface area contributed by atoms with Crippen LogP contribution in [0.1, 0.15) is 16.7 Å². The number of nitrogens with zero attached hydrogens (tertiary/aromatic N) is 7. The molecule has 0 atom stereocenters. The standard InChI is InChI=1S/C42H18F3N7/c1-48-27-10-15-37-31(20-27)32-21-28(49-2)11-16-38(32)51(37)39-14-9-26(42(43,44)45)19-33(39)41-34(50-3)5-4-6-40(41)52-35-12-7-24(22-46)17-29(35)30-18-25(23-47)8-13-36(30)52/h4-21H. The maximum atomic E-state index is 14.6. The van der Waals surface area contributed by atoms with Gasteiger partial charge in [-0.05, 0) is 101 Å². The van der Waals surface area contributed by atoms with Crippen LogP contribution in [0.5, 0.6) is 0 Å². The summed E-state index contributed by atoms with van der Waals surface area (Å²) in [5, 5.41) is 22.0. The van der Waals surface area contributed by atoms with Crippen molar-refractivity contribution < 1.29 is 13.2 Å². The molecule has 52 heavy (non-hydrogen) atoms. The van der Waals surface area contributed by atoms with Crippen LogP contribution in [0.15, 0.2) is 109 Å². The second-order valence-electron chi connectivity index (χ2n) is 12.0. The highest BCUT2D eigenvalue weighted by molar-refractivity contribution is 6.13. The minimum absolute atomic E-state index is 0.0988. The molecule has 0 N–H and O–H groups in total. The Bertz CT molecular complexity index is 2930. The third-order valence-corrected chi connectivity index (χ3v) is 9.23. The topological polar surface area (TPSA) is 70.5 Å². The Balaban J connectivity index is 1.54. The predicted octanol–water partition coefficient (Wildman–Crippen LogP) is 12.0. The molecule has 8 aromatic rings. The molecule has 0 saturated heterocycles. The molecule has 0 unspecified atom stereocenters. The lowest BCUT2D eigenvalue weighted by Crippen LogP contribution is -2.08. The first kappa shape index (κ1) is 31.4. The summed E-state index contributed by atoms with van der Waals surface area (Å²) in [4.78, 5) is 11.0. The molecule has 0 aliphatic carbocycles. The zero-order valence-electron chi connectivity index (χ0n) is 26.7. The van der Waals surface area contributed by atoms with Gasteiger partial charge in [0.1, 0.15) is 0 Å². The first-order valence-corrected chi connectivity index (χ1v) is 15.6. The van der Waals surface area contributed by atoms with Crippen LogP contribution in [0.4, 0.5) is 30.2 Å². The third-order valence-electron chi connectivity index (χ3n) is 9.23. The highest BCUT2D eigenvalue weighted by atomic mass is 19.4. The number of fused-ring (bicyclic) bond motifs is 6. The van der Waals surface area contributed by atoms with Crippen LogP contribution < -0.4 is 0 Å². The first-order valence-electron chi connectivity index (χ1n) is 15.6. The zero-order valence-corrected chi connectivity index (χ0v) is 26.7. The fourth-order valence-electron chi connectivity index (χ4n) is 7.01. The van der Waals surface area contributed by atoms with Gasteiger partial charge in [0.2, 0.25) is 0 Å². The Morgan fingerprint density at radius 3 is 1.52 bits per heavy atom. The number of aromatic nitrogens is 2. The fourth-order valence-corrected chi connectivity index (χ4v) is 7.01. The maximum absolute atomic E-state index is 14.6. The largest absolute Gasteiger partial charge is 0.416 e. The zero-order chi connectivity index (χ0) is 36.3. The smallest absolute Gasteiger partial charge is 0.310 e. The van der Waals surface area contributed by atoms with Crippen LogP contribution in [0.3, 0.4) is 0 Å². The number of hydrogen-bond donors (Lipinski definition) is 0. The number of nitriles is 2. The van der Waals surface area contributed by atoms with Gasteiger partial charge < -0.3 is 9.13 Å². The van der Waals surface area contributed by atoms with E-state index in [-0.39, 0.29) is 16.8 Å². The molecule has 6 aromatic carbocycles. The van der Waals surface area contributed by atoms with Crippen molar-refractivity contribution in [2.45, 2.75) is 6.18 Å². The highest BCUT2D eigenvalue weighted by Crippen LogP contribution is 2.47. The quantitative estimate of drug-likeness (QED) is 0.175. The second kappa shape index (κ2) is 11.6. The molecule has 7 nitrogen and oxygen atoms in total. The van der Waals surface area contributed by atoms with Gasteiger partial charge in [0.15, 0.2) is 17.1 Å². The van der Waals surface area contributed by atoms with Crippen LogP contribution in [-0.4, -0.2) is 9.13 Å². The maximum Gasteiger partial charge on any atom is 0.416 e. The molecule has 2 heterocycles. The van der Waals surface area contributed by atoms with Gasteiger partial charge in [0, 0.05) is 22.0 Å². The Kier molecular flexibility index (Phi) is 7.04. The summed E-state index contributed by atoms with van der Waals surface area (Å²) in [5.41, 5.74) is 4.22. The van der Waals surface area contributed by atoms with E-state index >= 15 is 0 Å². The predicted molar refractivity (Wildman–Crippen MR) is 194 cm³/mol. The van der Waals surface area contributed by atoms with Gasteiger partial charge in [0.05, 0.1) is 76.3 Å². The minimum Gasteiger partial charge on any atom is -0.310 e. The molecular weight excluding hydrogens is 660 g/mol. The average Bonchev–Trinajstić information content (AvgIpc) is 3.67.